The quantitative estimate of drug-likeness (QED) is 0.0957. The number of amides is 4. The van der Waals surface area contributed by atoms with Crippen molar-refractivity contribution in [3.63, 3.8) is 0 Å². The Morgan fingerprint density at radius 3 is 0.771 bits per heavy atom. The van der Waals surface area contributed by atoms with Crippen LogP contribution in [0.1, 0.15) is 9.75 Å². The molecule has 2 saturated heterocycles. The SMILES string of the molecule is O=C1C2[C@H](C(=O)N1CCc1ccc(-c3ccc(-c4ccc(-c5ccc(-c6ccc(-c7ccc(CCN8C(=O)C9[C@H](C8=O)[C@]8(Cl)C(Cl)=C(Cl)[C@@]9(Cl)C8(Cl)Cl)s7)s6)s5)s4)s3)s1)[C@]1(Cl)C(Cl)=C(Cl)[C@@]2(Cl)C1(Cl)Cl. The first-order valence-electron chi connectivity index (χ1n) is 21.0. The predicted molar refractivity (Wildman–Crippen MR) is 296 cm³/mol. The van der Waals surface area contributed by atoms with Gasteiger partial charge < -0.3 is 0 Å². The number of allylic oxidation sites excluding steroid dienone is 4. The van der Waals surface area contributed by atoms with E-state index in [-0.39, 0.29) is 33.2 Å². The number of imide groups is 2. The van der Waals surface area contributed by atoms with Crippen molar-refractivity contribution in [3.05, 3.63) is 103 Å². The van der Waals surface area contributed by atoms with E-state index < -0.39 is 75.5 Å². The fourth-order valence-corrected chi connectivity index (χ4v) is 23.0. The zero-order valence-corrected chi connectivity index (χ0v) is 48.5. The van der Waals surface area contributed by atoms with Crippen LogP contribution in [0.15, 0.2) is 92.9 Å². The summed E-state index contributed by atoms with van der Waals surface area (Å²) in [6.45, 7) is 0.254. The Morgan fingerprint density at radius 2 is 0.543 bits per heavy atom. The van der Waals surface area contributed by atoms with E-state index >= 15 is 0 Å². The molecular formula is C46H24Cl12N2O4S6. The van der Waals surface area contributed by atoms with E-state index in [1.807, 2.05) is 12.1 Å². The maximum absolute atomic E-state index is 13.7. The highest BCUT2D eigenvalue weighted by Gasteiger charge is 2.89. The second-order valence-corrected chi connectivity index (χ2v) is 30.7. The summed E-state index contributed by atoms with van der Waals surface area (Å²) in [5.74, 6) is -6.63. The molecule has 70 heavy (non-hydrogen) atoms. The fraction of sp³-hybridized carbons (Fsp3) is 0.304. The second-order valence-electron chi connectivity index (χ2n) is 17.5. The van der Waals surface area contributed by atoms with Gasteiger partial charge in [-0.1, -0.05) is 92.8 Å². The molecule has 0 radical (unpaired) electrons. The third-order valence-electron chi connectivity index (χ3n) is 14.1. The predicted octanol–water partition coefficient (Wildman–Crippen LogP) is 16.4. The van der Waals surface area contributed by atoms with Crippen LogP contribution < -0.4 is 0 Å². The number of carbonyl (C=O) groups excluding carboxylic acids is 4. The maximum atomic E-state index is 13.7. The van der Waals surface area contributed by atoms with Crippen LogP contribution in [0, 0.1) is 23.7 Å². The van der Waals surface area contributed by atoms with E-state index in [1.165, 1.54) is 19.6 Å². The number of nitrogens with zero attached hydrogens (tertiary/aromatic N) is 2. The minimum Gasteiger partial charge on any atom is -0.282 e. The van der Waals surface area contributed by atoms with Crippen LogP contribution in [-0.2, 0) is 32.0 Å². The summed E-state index contributed by atoms with van der Waals surface area (Å²) in [5.41, 5.74) is 0. The molecule has 0 aromatic carbocycles. The highest BCUT2D eigenvalue weighted by molar-refractivity contribution is 7.30. The summed E-state index contributed by atoms with van der Waals surface area (Å²) >= 11 is 89.9. The van der Waals surface area contributed by atoms with Crippen molar-refractivity contribution < 1.29 is 19.2 Å². The molecule has 0 N–H and O–H groups in total. The minimum absolute atomic E-state index is 0.106. The molecular weight excluding hydrogens is 1260 g/mol. The Kier molecular flexibility index (Phi) is 12.2. The number of fused-ring (bicyclic) bond motifs is 10. The molecule has 362 valence electrons. The Bertz CT molecular complexity index is 3070. The number of carbonyl (C=O) groups is 4. The van der Waals surface area contributed by atoms with Crippen molar-refractivity contribution in [3.8, 4) is 48.8 Å². The summed E-state index contributed by atoms with van der Waals surface area (Å²) in [7, 11) is 0. The van der Waals surface area contributed by atoms with Crippen molar-refractivity contribution in [2.45, 2.75) is 41.0 Å². The Balaban J connectivity index is 0.671. The topological polar surface area (TPSA) is 74.8 Å². The van der Waals surface area contributed by atoms with Gasteiger partial charge in [-0.2, -0.15) is 0 Å². The van der Waals surface area contributed by atoms with Crippen LogP contribution in [0.3, 0.4) is 0 Å². The van der Waals surface area contributed by atoms with Crippen molar-refractivity contribution in [2.75, 3.05) is 13.1 Å². The fourth-order valence-electron chi connectivity index (χ4n) is 10.7. The summed E-state index contributed by atoms with van der Waals surface area (Å²) in [6, 6.07) is 25.3. The third-order valence-corrected chi connectivity index (χ3v) is 30.3. The monoisotopic (exact) mass is 1280 g/mol. The lowest BCUT2D eigenvalue weighted by Gasteiger charge is -2.34. The lowest BCUT2D eigenvalue weighted by Crippen LogP contribution is -2.50. The molecule has 4 amide bonds. The minimum atomic E-state index is -1.96. The molecule has 2 unspecified atom stereocenters. The van der Waals surface area contributed by atoms with Gasteiger partial charge in [0.1, 0.15) is 19.5 Å². The van der Waals surface area contributed by atoms with Crippen LogP contribution in [-0.4, -0.2) is 74.7 Å². The van der Waals surface area contributed by atoms with Crippen LogP contribution in [0.25, 0.3) is 48.8 Å². The Hall–Kier alpha value is -0.560. The number of thiophene rings is 6. The molecule has 8 atom stereocenters. The molecule has 12 rings (SSSR count). The average Bonchev–Trinajstić information content (AvgIpc) is 4.18. The third kappa shape index (κ3) is 6.41. The average molecular weight is 1290 g/mol. The zero-order chi connectivity index (χ0) is 49.6. The summed E-state index contributed by atoms with van der Waals surface area (Å²) in [4.78, 5) is 63.2. The van der Waals surface area contributed by atoms with Gasteiger partial charge in [-0.3, -0.25) is 29.0 Å². The first-order valence-corrected chi connectivity index (χ1v) is 30.4. The standard InChI is InChI=1S/C46H24Cl12N2O4S6/c47-33-34(48)42(52)30-29(41(33,51)45(42,55)56)37(61)59(38(30)62)15-13-17-1-3-19(65-17)21-5-7-23(67-21)25-9-11-27(69-25)28-12-10-26(70-28)24-8-6-22(68-24)20-4-2-18(66-20)14-16-60-39(63)31-32(40(60)64)44(54)36(50)35(49)43(31,53)46(44,57)58/h1-12,29-32H,13-16H2/t29-,30?,31-,32?,41+,42-,43+,44-/m1/s1. The van der Waals surface area contributed by atoms with E-state index in [0.29, 0.717) is 12.8 Å². The Morgan fingerprint density at radius 1 is 0.343 bits per heavy atom. The number of alkyl halides is 8. The molecule has 4 fully saturated rings. The summed E-state index contributed by atoms with van der Waals surface area (Å²) in [5, 5.41) is -0.423. The van der Waals surface area contributed by atoms with Gasteiger partial charge in [-0.05, 0) is 85.6 Å². The number of hydrogen-bond donors (Lipinski definition) is 0. The Labute approximate surface area is 483 Å². The highest BCUT2D eigenvalue weighted by atomic mass is 35.5. The van der Waals surface area contributed by atoms with Gasteiger partial charge in [0, 0.05) is 71.6 Å². The lowest BCUT2D eigenvalue weighted by molar-refractivity contribution is -0.142. The van der Waals surface area contributed by atoms with Crippen molar-refractivity contribution in [1.29, 1.82) is 0 Å². The van der Waals surface area contributed by atoms with E-state index in [2.05, 4.69) is 60.7 Å². The van der Waals surface area contributed by atoms with Gasteiger partial charge in [0.2, 0.25) is 23.6 Å². The van der Waals surface area contributed by atoms with Crippen LogP contribution in [0.5, 0.6) is 0 Å². The molecule has 4 aliphatic carbocycles. The summed E-state index contributed by atoms with van der Waals surface area (Å²) < 4.78 is -3.92. The van der Waals surface area contributed by atoms with E-state index in [1.54, 1.807) is 68.0 Å². The molecule has 2 saturated carbocycles. The first-order chi connectivity index (χ1) is 33.0. The van der Waals surface area contributed by atoms with E-state index in [0.717, 1.165) is 48.8 Å². The molecule has 6 aromatic heterocycles. The van der Waals surface area contributed by atoms with Crippen LogP contribution in [0.4, 0.5) is 0 Å². The number of halogens is 12. The van der Waals surface area contributed by atoms with Crippen molar-refractivity contribution in [1.82, 2.24) is 9.80 Å². The number of hydrogen-bond acceptors (Lipinski definition) is 10. The maximum Gasteiger partial charge on any atom is 0.235 e. The van der Waals surface area contributed by atoms with E-state index in [9.17, 15) is 19.2 Å². The molecule has 24 heteroatoms. The molecule has 6 aromatic rings. The molecule has 4 bridgehead atoms. The summed E-state index contributed by atoms with van der Waals surface area (Å²) in [6.07, 6.45) is 0.871. The van der Waals surface area contributed by atoms with Gasteiger partial charge in [0.25, 0.3) is 0 Å². The molecule has 6 nitrogen and oxygen atoms in total. The highest BCUT2D eigenvalue weighted by Crippen LogP contribution is 2.79. The lowest BCUT2D eigenvalue weighted by atomic mass is 9.84. The van der Waals surface area contributed by atoms with E-state index in [4.69, 9.17) is 139 Å². The largest absolute Gasteiger partial charge is 0.282 e. The normalized spacial score (nSPS) is 31.5. The molecule has 0 spiro atoms. The van der Waals surface area contributed by atoms with Crippen molar-refractivity contribution >= 4 is 231 Å². The second kappa shape index (κ2) is 17.0. The van der Waals surface area contributed by atoms with Gasteiger partial charge in [0.05, 0.1) is 43.8 Å². The van der Waals surface area contributed by atoms with Gasteiger partial charge >= 0.3 is 0 Å². The van der Waals surface area contributed by atoms with Gasteiger partial charge in [-0.15, -0.1) is 114 Å². The number of likely N-dealkylation sites (tertiary alicyclic amines) is 2. The van der Waals surface area contributed by atoms with Gasteiger partial charge in [-0.25, -0.2) is 0 Å². The molecule has 6 aliphatic rings. The van der Waals surface area contributed by atoms with Crippen LogP contribution in [0.2, 0.25) is 0 Å². The van der Waals surface area contributed by atoms with Crippen molar-refractivity contribution in [2.24, 2.45) is 23.7 Å². The molecule has 2 aliphatic heterocycles. The van der Waals surface area contributed by atoms with Gasteiger partial charge in [0.15, 0.2) is 8.67 Å². The molecule has 8 heterocycles. The first kappa shape index (κ1) is 50.3. The van der Waals surface area contributed by atoms with Crippen LogP contribution >= 0.6 is 207 Å². The zero-order valence-electron chi connectivity index (χ0n) is 34.6. The number of rotatable bonds is 11. The smallest absolute Gasteiger partial charge is 0.235 e.